The van der Waals surface area contributed by atoms with Gasteiger partial charge < -0.3 is 48.4 Å². The van der Waals surface area contributed by atoms with Crippen LogP contribution in [0.1, 0.15) is 0 Å². The van der Waals surface area contributed by atoms with E-state index < -0.39 is 0 Å². The lowest BCUT2D eigenvalue weighted by Gasteiger charge is -2.08. The smallest absolute Gasteiger partial charge is 0.0701 e. The van der Waals surface area contributed by atoms with Gasteiger partial charge in [-0.3, -0.25) is 0 Å². The Kier molecular flexibility index (Phi) is 30.2. The summed E-state index contributed by atoms with van der Waals surface area (Å²) in [5, 5.41) is 0.843. The molecule has 2 N–H and O–H groups in total. The second-order valence-corrected chi connectivity index (χ2v) is 6.78. The second kappa shape index (κ2) is 30.1. The number of hydrogen-bond donors (Lipinski definition) is 1. The highest BCUT2D eigenvalue weighted by atomic mass is 79.9. The third-order valence-electron chi connectivity index (χ3n) is 3.46. The van der Waals surface area contributed by atoms with Gasteiger partial charge in [-0.15, -0.1) is 0 Å². The summed E-state index contributed by atoms with van der Waals surface area (Å²) in [4.78, 5) is 0. The van der Waals surface area contributed by atoms with Crippen LogP contribution in [-0.2, 0) is 42.6 Å². The van der Waals surface area contributed by atoms with E-state index in [1.165, 1.54) is 0 Å². The van der Waals surface area contributed by atoms with Crippen LogP contribution in [0.25, 0.3) is 0 Å². The number of nitrogens with two attached hydrogens (primary N) is 1. The normalized spacial score (nSPS) is 11.4. The van der Waals surface area contributed by atoms with E-state index in [0.717, 1.165) is 5.33 Å². The molecule has 31 heavy (non-hydrogen) atoms. The molecular formula is C20H42BrNO9. The maximum absolute atomic E-state index is 5.43. The van der Waals surface area contributed by atoms with Crippen molar-refractivity contribution in [3.63, 3.8) is 0 Å². The Morgan fingerprint density at radius 3 is 0.710 bits per heavy atom. The Morgan fingerprint density at radius 2 is 0.516 bits per heavy atom. The third kappa shape index (κ3) is 30.1. The van der Waals surface area contributed by atoms with E-state index in [1.54, 1.807) is 0 Å². The first-order valence-electron chi connectivity index (χ1n) is 10.9. The zero-order valence-electron chi connectivity index (χ0n) is 18.8. The molecule has 0 unspecified atom stereocenters. The molecule has 11 heteroatoms. The molecule has 0 spiro atoms. The van der Waals surface area contributed by atoms with Crippen LogP contribution in [-0.4, -0.2) is 131 Å². The summed E-state index contributed by atoms with van der Waals surface area (Å²) in [6, 6.07) is 0. The quantitative estimate of drug-likeness (QED) is 0.116. The molecule has 0 fully saturated rings. The predicted molar refractivity (Wildman–Crippen MR) is 120 cm³/mol. The Morgan fingerprint density at radius 1 is 0.323 bits per heavy atom. The van der Waals surface area contributed by atoms with Crippen molar-refractivity contribution in [2.75, 3.05) is 131 Å². The Bertz CT molecular complexity index is 292. The monoisotopic (exact) mass is 519 g/mol. The topological polar surface area (TPSA) is 109 Å². The average Bonchev–Trinajstić information content (AvgIpc) is 2.78. The summed E-state index contributed by atoms with van der Waals surface area (Å²) >= 11 is 3.29. The van der Waals surface area contributed by atoms with Gasteiger partial charge in [-0.05, 0) is 0 Å². The summed E-state index contributed by atoms with van der Waals surface area (Å²) in [7, 11) is 0. The highest BCUT2D eigenvalue weighted by Crippen LogP contribution is 1.86. The molecule has 0 amide bonds. The van der Waals surface area contributed by atoms with Crippen molar-refractivity contribution in [2.24, 2.45) is 5.73 Å². The van der Waals surface area contributed by atoms with Gasteiger partial charge in [-0.1, -0.05) is 15.9 Å². The van der Waals surface area contributed by atoms with Crippen molar-refractivity contribution >= 4 is 15.9 Å². The number of alkyl halides is 1. The van der Waals surface area contributed by atoms with Gasteiger partial charge in [0.25, 0.3) is 0 Å². The van der Waals surface area contributed by atoms with Crippen LogP contribution < -0.4 is 5.73 Å². The number of ether oxygens (including phenoxy) is 9. The first kappa shape index (κ1) is 31.1. The van der Waals surface area contributed by atoms with Crippen LogP contribution in [0, 0.1) is 0 Å². The molecule has 0 atom stereocenters. The van der Waals surface area contributed by atoms with E-state index in [4.69, 9.17) is 48.4 Å². The fraction of sp³-hybridized carbons (Fsp3) is 1.00. The summed E-state index contributed by atoms with van der Waals surface area (Å²) in [5.74, 6) is 0. The van der Waals surface area contributed by atoms with Crippen molar-refractivity contribution in [1.82, 2.24) is 0 Å². The third-order valence-corrected chi connectivity index (χ3v) is 3.78. The van der Waals surface area contributed by atoms with Gasteiger partial charge in [0.15, 0.2) is 0 Å². The van der Waals surface area contributed by atoms with Crippen LogP contribution in [0.15, 0.2) is 0 Å². The standard InChI is InChI=1S/C20H42BrNO9/c21-1-3-23-5-7-25-9-11-27-13-15-29-17-19-31-20-18-30-16-14-28-12-10-26-8-6-24-4-2-22/h1-20,22H2. The molecule has 0 saturated heterocycles. The average molecular weight is 520 g/mol. The Labute approximate surface area is 195 Å². The van der Waals surface area contributed by atoms with Gasteiger partial charge in [-0.25, -0.2) is 0 Å². The van der Waals surface area contributed by atoms with Crippen molar-refractivity contribution in [3.05, 3.63) is 0 Å². The minimum atomic E-state index is 0.530. The van der Waals surface area contributed by atoms with Gasteiger partial charge in [0.1, 0.15) is 0 Å². The van der Waals surface area contributed by atoms with Crippen LogP contribution in [0.4, 0.5) is 0 Å². The SMILES string of the molecule is NCCOCCOCCOCCOCCOCCOCCOCCOCCOCCBr. The Hall–Kier alpha value is 0.0800. The Balaban J connectivity index is 2.98. The minimum absolute atomic E-state index is 0.530. The fourth-order valence-corrected chi connectivity index (χ4v) is 2.23. The second-order valence-electron chi connectivity index (χ2n) is 5.99. The molecule has 0 bridgehead atoms. The maximum atomic E-state index is 5.43. The molecule has 0 aromatic heterocycles. The summed E-state index contributed by atoms with van der Waals surface area (Å²) in [6.45, 7) is 10.6. The molecule has 0 aromatic carbocycles. The number of rotatable bonds is 28. The minimum Gasteiger partial charge on any atom is -0.378 e. The van der Waals surface area contributed by atoms with Gasteiger partial charge in [0, 0.05) is 11.9 Å². The predicted octanol–water partition coefficient (Wildman–Crippen LogP) is 0.489. The lowest BCUT2D eigenvalue weighted by atomic mass is 10.6. The first-order chi connectivity index (χ1) is 15.4. The maximum Gasteiger partial charge on any atom is 0.0701 e. The van der Waals surface area contributed by atoms with E-state index in [-0.39, 0.29) is 0 Å². The van der Waals surface area contributed by atoms with E-state index in [1.807, 2.05) is 0 Å². The summed E-state index contributed by atoms with van der Waals surface area (Å²) in [5.41, 5.74) is 5.31. The molecule has 0 aliphatic heterocycles. The highest BCUT2D eigenvalue weighted by Gasteiger charge is 1.95. The van der Waals surface area contributed by atoms with Crippen LogP contribution in [0.2, 0.25) is 0 Å². The van der Waals surface area contributed by atoms with E-state index >= 15 is 0 Å². The lowest BCUT2D eigenvalue weighted by Crippen LogP contribution is -2.15. The first-order valence-corrected chi connectivity index (χ1v) is 12.0. The van der Waals surface area contributed by atoms with Crippen LogP contribution in [0.5, 0.6) is 0 Å². The van der Waals surface area contributed by atoms with Gasteiger partial charge >= 0.3 is 0 Å². The molecule has 0 saturated carbocycles. The highest BCUT2D eigenvalue weighted by molar-refractivity contribution is 9.09. The number of hydrogen-bond acceptors (Lipinski definition) is 10. The molecule has 0 heterocycles. The molecule has 0 aliphatic carbocycles. The van der Waals surface area contributed by atoms with Crippen molar-refractivity contribution < 1.29 is 42.6 Å². The zero-order chi connectivity index (χ0) is 22.5. The fourth-order valence-electron chi connectivity index (χ4n) is 2.00. The largest absolute Gasteiger partial charge is 0.378 e. The van der Waals surface area contributed by atoms with E-state index in [0.29, 0.717) is 125 Å². The van der Waals surface area contributed by atoms with Crippen molar-refractivity contribution in [1.29, 1.82) is 0 Å². The van der Waals surface area contributed by atoms with Gasteiger partial charge in [0.2, 0.25) is 0 Å². The van der Waals surface area contributed by atoms with Crippen LogP contribution in [0.3, 0.4) is 0 Å². The molecule has 0 rings (SSSR count). The molecule has 0 radical (unpaired) electrons. The van der Waals surface area contributed by atoms with E-state index in [9.17, 15) is 0 Å². The molecule has 0 aromatic rings. The van der Waals surface area contributed by atoms with Crippen molar-refractivity contribution in [2.45, 2.75) is 0 Å². The summed E-state index contributed by atoms with van der Waals surface area (Å²) < 4.78 is 48.2. The molecular weight excluding hydrogens is 478 g/mol. The lowest BCUT2D eigenvalue weighted by molar-refractivity contribution is -0.0246. The molecule has 188 valence electrons. The molecule has 10 nitrogen and oxygen atoms in total. The van der Waals surface area contributed by atoms with Gasteiger partial charge in [-0.2, -0.15) is 0 Å². The number of halogens is 1. The van der Waals surface area contributed by atoms with Crippen molar-refractivity contribution in [3.8, 4) is 0 Å². The van der Waals surface area contributed by atoms with E-state index in [2.05, 4.69) is 15.9 Å². The summed E-state index contributed by atoms with van der Waals surface area (Å²) in [6.07, 6.45) is 0. The zero-order valence-corrected chi connectivity index (χ0v) is 20.4. The van der Waals surface area contributed by atoms with Gasteiger partial charge in [0.05, 0.1) is 119 Å². The van der Waals surface area contributed by atoms with Crippen LogP contribution >= 0.6 is 15.9 Å². The molecule has 0 aliphatic rings.